The van der Waals surface area contributed by atoms with Crippen LogP contribution in [0.15, 0.2) is 48.5 Å². The first-order valence-corrected chi connectivity index (χ1v) is 9.18. The summed E-state index contributed by atoms with van der Waals surface area (Å²) in [6, 6.07) is 13.7. The van der Waals surface area contributed by atoms with Crippen molar-refractivity contribution >= 4 is 11.9 Å². The predicted molar refractivity (Wildman–Crippen MR) is 105 cm³/mol. The Bertz CT molecular complexity index is 925. The summed E-state index contributed by atoms with van der Waals surface area (Å²) < 4.78 is 16.3. The van der Waals surface area contributed by atoms with Crippen LogP contribution in [0, 0.1) is 26.2 Å². The van der Waals surface area contributed by atoms with E-state index in [1.165, 1.54) is 0 Å². The van der Waals surface area contributed by atoms with Gasteiger partial charge in [-0.05, 0) is 38.1 Å². The number of aliphatic hydroxyl groups is 1. The van der Waals surface area contributed by atoms with Gasteiger partial charge in [-0.3, -0.25) is 0 Å². The molecule has 1 saturated heterocycles. The third-order valence-corrected chi connectivity index (χ3v) is 4.77. The summed E-state index contributed by atoms with van der Waals surface area (Å²) in [6.45, 7) is 3.45. The zero-order valence-corrected chi connectivity index (χ0v) is 16.3. The van der Waals surface area contributed by atoms with Crippen LogP contribution in [0.2, 0.25) is 0 Å². The van der Waals surface area contributed by atoms with Gasteiger partial charge in [-0.25, -0.2) is 9.59 Å². The molecule has 1 heterocycles. The van der Waals surface area contributed by atoms with Crippen molar-refractivity contribution in [2.75, 3.05) is 6.61 Å². The molecule has 29 heavy (non-hydrogen) atoms. The van der Waals surface area contributed by atoms with E-state index in [-0.39, 0.29) is 13.0 Å². The SMILES string of the molecule is C#C[C@]1(COC(=O)c2ccc(C)cc2)OC(O)C[C@@H]1OC(=O)c1ccc(C)cc1. The molecular weight excluding hydrogens is 372 g/mol. The van der Waals surface area contributed by atoms with Gasteiger partial charge >= 0.3 is 11.9 Å². The number of ether oxygens (including phenoxy) is 3. The van der Waals surface area contributed by atoms with Gasteiger partial charge in [0, 0.05) is 6.42 Å². The number of benzene rings is 2. The van der Waals surface area contributed by atoms with Crippen molar-refractivity contribution in [3.05, 3.63) is 70.8 Å². The lowest BCUT2D eigenvalue weighted by atomic mass is 9.98. The Morgan fingerprint density at radius 1 is 1.07 bits per heavy atom. The highest BCUT2D eigenvalue weighted by Gasteiger charge is 2.51. The van der Waals surface area contributed by atoms with Crippen LogP contribution in [0.4, 0.5) is 0 Å². The van der Waals surface area contributed by atoms with E-state index in [2.05, 4.69) is 5.92 Å². The van der Waals surface area contributed by atoms with Gasteiger partial charge < -0.3 is 19.3 Å². The van der Waals surface area contributed by atoms with E-state index < -0.39 is 29.9 Å². The molecule has 0 saturated carbocycles. The van der Waals surface area contributed by atoms with Gasteiger partial charge in [0.1, 0.15) is 6.61 Å². The van der Waals surface area contributed by atoms with Crippen molar-refractivity contribution in [1.29, 1.82) is 0 Å². The number of carbonyl (C=O) groups excluding carboxylic acids is 2. The molecular formula is C23H22O6. The minimum absolute atomic E-state index is 0.0239. The fourth-order valence-corrected chi connectivity index (χ4v) is 3.01. The number of carbonyl (C=O) groups is 2. The maximum absolute atomic E-state index is 12.5. The first kappa shape index (κ1) is 20.6. The van der Waals surface area contributed by atoms with Crippen LogP contribution in [0.25, 0.3) is 0 Å². The van der Waals surface area contributed by atoms with Gasteiger partial charge in [-0.2, -0.15) is 0 Å². The third kappa shape index (κ3) is 4.65. The molecule has 0 aromatic heterocycles. The third-order valence-electron chi connectivity index (χ3n) is 4.77. The molecule has 0 aliphatic carbocycles. The molecule has 6 heteroatoms. The van der Waals surface area contributed by atoms with Crippen LogP contribution < -0.4 is 0 Å². The molecule has 0 bridgehead atoms. The molecule has 1 fully saturated rings. The minimum atomic E-state index is -1.57. The second-order valence-corrected chi connectivity index (χ2v) is 7.04. The van der Waals surface area contributed by atoms with Gasteiger partial charge in [-0.15, -0.1) is 6.42 Å². The number of terminal acetylenes is 1. The van der Waals surface area contributed by atoms with Crippen LogP contribution in [0.3, 0.4) is 0 Å². The van der Waals surface area contributed by atoms with Crippen LogP contribution in [0.5, 0.6) is 0 Å². The summed E-state index contributed by atoms with van der Waals surface area (Å²) in [5.74, 6) is 1.21. The van der Waals surface area contributed by atoms with Crippen LogP contribution in [0.1, 0.15) is 38.3 Å². The Hall–Kier alpha value is -3.14. The maximum Gasteiger partial charge on any atom is 0.338 e. The Morgan fingerprint density at radius 3 is 2.10 bits per heavy atom. The van der Waals surface area contributed by atoms with Crippen molar-refractivity contribution in [3.63, 3.8) is 0 Å². The van der Waals surface area contributed by atoms with Crippen molar-refractivity contribution in [3.8, 4) is 12.3 Å². The molecule has 3 rings (SSSR count). The van der Waals surface area contributed by atoms with Crippen LogP contribution in [-0.4, -0.2) is 41.6 Å². The maximum atomic E-state index is 12.5. The smallest absolute Gasteiger partial charge is 0.338 e. The summed E-state index contributed by atoms with van der Waals surface area (Å²) in [5, 5.41) is 9.95. The molecule has 1 N–H and O–H groups in total. The minimum Gasteiger partial charge on any atom is -0.458 e. The molecule has 3 atom stereocenters. The molecule has 0 radical (unpaired) electrons. The van der Waals surface area contributed by atoms with E-state index >= 15 is 0 Å². The standard InChI is InChI=1S/C23H22O6/c1-4-23(14-27-21(25)17-9-5-15(2)6-10-17)19(13-20(24)29-23)28-22(26)18-11-7-16(3)8-12-18/h1,5-12,19-20,24H,13-14H2,2-3H3/t19-,20?,23+/m0/s1. The largest absolute Gasteiger partial charge is 0.458 e. The highest BCUT2D eigenvalue weighted by Crippen LogP contribution is 2.33. The van der Waals surface area contributed by atoms with E-state index in [1.807, 2.05) is 13.8 Å². The molecule has 6 nitrogen and oxygen atoms in total. The Morgan fingerprint density at radius 2 is 1.59 bits per heavy atom. The Labute approximate surface area is 169 Å². The number of hydrogen-bond acceptors (Lipinski definition) is 6. The lowest BCUT2D eigenvalue weighted by molar-refractivity contribution is -0.141. The molecule has 2 aromatic rings. The van der Waals surface area contributed by atoms with Gasteiger partial charge in [-0.1, -0.05) is 41.3 Å². The van der Waals surface area contributed by atoms with Crippen molar-refractivity contribution < 1.29 is 28.9 Å². The van der Waals surface area contributed by atoms with Crippen molar-refractivity contribution in [2.45, 2.75) is 38.3 Å². The lowest BCUT2D eigenvalue weighted by Crippen LogP contribution is -2.45. The quantitative estimate of drug-likeness (QED) is 0.620. The Balaban J connectivity index is 1.72. The van der Waals surface area contributed by atoms with Gasteiger partial charge in [0.15, 0.2) is 12.4 Å². The van der Waals surface area contributed by atoms with E-state index in [4.69, 9.17) is 20.6 Å². The van der Waals surface area contributed by atoms with E-state index in [0.717, 1.165) is 11.1 Å². The summed E-state index contributed by atoms with van der Waals surface area (Å²) in [4.78, 5) is 24.8. The average molecular weight is 394 g/mol. The number of aliphatic hydroxyl groups excluding tert-OH is 1. The monoisotopic (exact) mass is 394 g/mol. The summed E-state index contributed by atoms with van der Waals surface area (Å²) >= 11 is 0. The number of rotatable bonds is 5. The zero-order valence-electron chi connectivity index (χ0n) is 16.3. The van der Waals surface area contributed by atoms with E-state index in [0.29, 0.717) is 11.1 Å². The van der Waals surface area contributed by atoms with Crippen molar-refractivity contribution in [1.82, 2.24) is 0 Å². The van der Waals surface area contributed by atoms with Crippen molar-refractivity contribution in [2.24, 2.45) is 0 Å². The summed E-state index contributed by atoms with van der Waals surface area (Å²) in [6.07, 6.45) is 3.40. The molecule has 1 aliphatic rings. The number of esters is 2. The van der Waals surface area contributed by atoms with Gasteiger partial charge in [0.25, 0.3) is 0 Å². The second-order valence-electron chi connectivity index (χ2n) is 7.04. The first-order chi connectivity index (χ1) is 13.8. The fourth-order valence-electron chi connectivity index (χ4n) is 3.01. The normalized spacial score (nSPS) is 23.2. The summed E-state index contributed by atoms with van der Waals surface area (Å²) in [5.41, 5.74) is 1.14. The lowest BCUT2D eigenvalue weighted by Gasteiger charge is -2.28. The number of aryl methyl sites for hydroxylation is 2. The molecule has 0 amide bonds. The Kier molecular flexibility index (Phi) is 6.02. The van der Waals surface area contributed by atoms with Crippen LogP contribution in [-0.2, 0) is 14.2 Å². The van der Waals surface area contributed by atoms with Gasteiger partial charge in [0.2, 0.25) is 5.60 Å². The average Bonchev–Trinajstić information content (AvgIpc) is 3.02. The molecule has 1 unspecified atom stereocenters. The highest BCUT2D eigenvalue weighted by atomic mass is 16.7. The molecule has 1 aliphatic heterocycles. The van der Waals surface area contributed by atoms with E-state index in [1.54, 1.807) is 48.5 Å². The zero-order chi connectivity index (χ0) is 21.0. The van der Waals surface area contributed by atoms with E-state index in [9.17, 15) is 14.7 Å². The number of hydrogen-bond donors (Lipinski definition) is 1. The molecule has 0 spiro atoms. The first-order valence-electron chi connectivity index (χ1n) is 9.18. The second kappa shape index (κ2) is 8.48. The highest BCUT2D eigenvalue weighted by molar-refractivity contribution is 5.90. The van der Waals surface area contributed by atoms with Crippen LogP contribution >= 0.6 is 0 Å². The van der Waals surface area contributed by atoms with Gasteiger partial charge in [0.05, 0.1) is 11.1 Å². The summed E-state index contributed by atoms with van der Waals surface area (Å²) in [7, 11) is 0. The molecule has 2 aromatic carbocycles. The molecule has 150 valence electrons. The predicted octanol–water partition coefficient (Wildman–Crippen LogP) is 2.80. The topological polar surface area (TPSA) is 82.1 Å². The fraction of sp³-hybridized carbons (Fsp3) is 0.304.